The quantitative estimate of drug-likeness (QED) is 0.443. The number of rotatable bonds is 8. The number of hydrogen-bond acceptors (Lipinski definition) is 4. The first kappa shape index (κ1) is 20.2. The fourth-order valence-electron chi connectivity index (χ4n) is 3.82. The predicted molar refractivity (Wildman–Crippen MR) is 119 cm³/mol. The Balaban J connectivity index is 1.39. The van der Waals surface area contributed by atoms with Crippen LogP contribution in [-0.2, 0) is 6.54 Å². The van der Waals surface area contributed by atoms with Crippen molar-refractivity contribution in [3.63, 3.8) is 0 Å². The first-order valence-corrected chi connectivity index (χ1v) is 10.7. The van der Waals surface area contributed by atoms with E-state index in [4.69, 9.17) is 9.41 Å². The fourth-order valence-corrected chi connectivity index (χ4v) is 3.82. The lowest BCUT2D eigenvalue weighted by Crippen LogP contribution is -2.42. The van der Waals surface area contributed by atoms with Crippen molar-refractivity contribution in [1.82, 2.24) is 25.3 Å². The van der Waals surface area contributed by atoms with Crippen LogP contribution in [0.25, 0.3) is 5.69 Å². The van der Waals surface area contributed by atoms with Gasteiger partial charge in [0.25, 0.3) is 0 Å². The minimum absolute atomic E-state index is 0.222. The third kappa shape index (κ3) is 5.10. The van der Waals surface area contributed by atoms with E-state index < -0.39 is 0 Å². The van der Waals surface area contributed by atoms with Gasteiger partial charge < -0.3 is 15.1 Å². The van der Waals surface area contributed by atoms with E-state index in [9.17, 15) is 0 Å². The highest BCUT2D eigenvalue weighted by atomic mass is 16.3. The lowest BCUT2D eigenvalue weighted by molar-refractivity contribution is 0.215. The van der Waals surface area contributed by atoms with E-state index in [1.807, 2.05) is 23.0 Å². The van der Waals surface area contributed by atoms with Crippen molar-refractivity contribution in [3.05, 3.63) is 72.4 Å². The zero-order valence-electron chi connectivity index (χ0n) is 17.5. The first-order chi connectivity index (χ1) is 14.8. The van der Waals surface area contributed by atoms with Gasteiger partial charge in [0.1, 0.15) is 5.76 Å². The molecule has 30 heavy (non-hydrogen) atoms. The van der Waals surface area contributed by atoms with Crippen LogP contribution in [0, 0.1) is 0 Å². The molecule has 1 aliphatic rings. The second-order valence-electron chi connectivity index (χ2n) is 7.47. The van der Waals surface area contributed by atoms with Crippen LogP contribution in [0.3, 0.4) is 0 Å². The largest absolute Gasteiger partial charge is 0.468 e. The number of nitrogens with zero attached hydrogens (tertiary/aromatic N) is 4. The van der Waals surface area contributed by atoms with E-state index in [0.717, 1.165) is 49.1 Å². The SMILES string of the molecule is CCNC(=NCc1ccc(-n2cccn2)cc1)NCC(c1ccco1)N1CCCC1. The van der Waals surface area contributed by atoms with Crippen molar-refractivity contribution in [3.8, 4) is 5.69 Å². The smallest absolute Gasteiger partial charge is 0.191 e. The van der Waals surface area contributed by atoms with E-state index in [1.54, 1.807) is 12.5 Å². The maximum Gasteiger partial charge on any atom is 0.191 e. The maximum absolute atomic E-state index is 5.72. The van der Waals surface area contributed by atoms with Crippen LogP contribution in [-0.4, -0.2) is 46.8 Å². The Kier molecular flexibility index (Phi) is 6.82. The average Bonchev–Trinajstić information content (AvgIpc) is 3.56. The molecule has 1 saturated heterocycles. The Bertz CT molecular complexity index is 896. The van der Waals surface area contributed by atoms with Gasteiger partial charge in [-0.1, -0.05) is 12.1 Å². The zero-order chi connectivity index (χ0) is 20.6. The van der Waals surface area contributed by atoms with Crippen LogP contribution in [0.2, 0.25) is 0 Å². The van der Waals surface area contributed by atoms with E-state index >= 15 is 0 Å². The van der Waals surface area contributed by atoms with Crippen molar-refractivity contribution >= 4 is 5.96 Å². The molecule has 1 aromatic carbocycles. The molecule has 7 heteroatoms. The molecule has 3 aromatic rings. The summed E-state index contributed by atoms with van der Waals surface area (Å²) < 4.78 is 7.58. The van der Waals surface area contributed by atoms with Gasteiger partial charge in [0.2, 0.25) is 0 Å². The molecule has 0 amide bonds. The number of aliphatic imine (C=N–C) groups is 1. The molecule has 1 atom stereocenters. The topological polar surface area (TPSA) is 70.6 Å². The molecular weight excluding hydrogens is 376 g/mol. The lowest BCUT2D eigenvalue weighted by Gasteiger charge is -2.26. The van der Waals surface area contributed by atoms with Crippen LogP contribution in [0.5, 0.6) is 0 Å². The highest BCUT2D eigenvalue weighted by molar-refractivity contribution is 5.79. The Morgan fingerprint density at radius 3 is 2.63 bits per heavy atom. The third-order valence-corrected chi connectivity index (χ3v) is 5.39. The Labute approximate surface area is 177 Å². The van der Waals surface area contributed by atoms with Gasteiger partial charge in [-0.05, 0) is 68.8 Å². The number of benzene rings is 1. The lowest BCUT2D eigenvalue weighted by atomic mass is 10.2. The Hall–Kier alpha value is -3.06. The molecule has 0 aliphatic carbocycles. The summed E-state index contributed by atoms with van der Waals surface area (Å²) in [5.74, 6) is 1.83. The number of likely N-dealkylation sites (tertiary alicyclic amines) is 1. The summed E-state index contributed by atoms with van der Waals surface area (Å²) in [4.78, 5) is 7.27. The van der Waals surface area contributed by atoms with E-state index in [-0.39, 0.29) is 6.04 Å². The highest BCUT2D eigenvalue weighted by Crippen LogP contribution is 2.24. The monoisotopic (exact) mass is 406 g/mol. The van der Waals surface area contributed by atoms with Crippen LogP contribution in [0.1, 0.15) is 37.1 Å². The number of nitrogens with one attached hydrogen (secondary N) is 2. The van der Waals surface area contributed by atoms with Crippen molar-refractivity contribution in [2.75, 3.05) is 26.2 Å². The highest BCUT2D eigenvalue weighted by Gasteiger charge is 2.25. The summed E-state index contributed by atoms with van der Waals surface area (Å²) in [7, 11) is 0. The van der Waals surface area contributed by atoms with Crippen LogP contribution in [0.4, 0.5) is 0 Å². The number of furan rings is 1. The molecule has 1 fully saturated rings. The van der Waals surface area contributed by atoms with Gasteiger partial charge in [0, 0.05) is 25.5 Å². The first-order valence-electron chi connectivity index (χ1n) is 10.7. The van der Waals surface area contributed by atoms with Gasteiger partial charge in [-0.3, -0.25) is 4.90 Å². The second kappa shape index (κ2) is 10.1. The van der Waals surface area contributed by atoms with Gasteiger partial charge >= 0.3 is 0 Å². The van der Waals surface area contributed by atoms with Gasteiger partial charge in [0.05, 0.1) is 24.5 Å². The predicted octanol–water partition coefficient (Wildman–Crippen LogP) is 3.36. The number of hydrogen-bond donors (Lipinski definition) is 2. The van der Waals surface area contributed by atoms with Crippen molar-refractivity contribution in [2.24, 2.45) is 4.99 Å². The molecule has 0 saturated carbocycles. The molecular formula is C23H30N6O. The summed E-state index contributed by atoms with van der Waals surface area (Å²) in [6.07, 6.45) is 7.98. The summed E-state index contributed by atoms with van der Waals surface area (Å²) in [5.41, 5.74) is 2.20. The number of guanidine groups is 1. The van der Waals surface area contributed by atoms with E-state index in [0.29, 0.717) is 6.54 Å². The van der Waals surface area contributed by atoms with Gasteiger partial charge in [-0.25, -0.2) is 9.67 Å². The van der Waals surface area contributed by atoms with Gasteiger partial charge in [-0.2, -0.15) is 5.10 Å². The molecule has 2 N–H and O–H groups in total. The van der Waals surface area contributed by atoms with Crippen LogP contribution < -0.4 is 10.6 Å². The molecule has 4 rings (SSSR count). The molecule has 0 spiro atoms. The van der Waals surface area contributed by atoms with Crippen LogP contribution >= 0.6 is 0 Å². The normalized spacial score (nSPS) is 16.0. The molecule has 158 valence electrons. The third-order valence-electron chi connectivity index (χ3n) is 5.39. The summed E-state index contributed by atoms with van der Waals surface area (Å²) in [6.45, 7) is 6.51. The molecule has 2 aromatic heterocycles. The minimum Gasteiger partial charge on any atom is -0.468 e. The molecule has 1 aliphatic heterocycles. The van der Waals surface area contributed by atoms with Gasteiger partial charge in [0.15, 0.2) is 5.96 Å². The summed E-state index contributed by atoms with van der Waals surface area (Å²) in [5, 5.41) is 11.1. The zero-order valence-corrected chi connectivity index (χ0v) is 17.5. The van der Waals surface area contributed by atoms with Crippen LogP contribution in [0.15, 0.2) is 70.5 Å². The van der Waals surface area contributed by atoms with Crippen molar-refractivity contribution < 1.29 is 4.42 Å². The van der Waals surface area contributed by atoms with E-state index in [2.05, 4.69) is 57.9 Å². The minimum atomic E-state index is 0.222. The van der Waals surface area contributed by atoms with Gasteiger partial charge in [-0.15, -0.1) is 0 Å². The molecule has 7 nitrogen and oxygen atoms in total. The summed E-state index contributed by atoms with van der Waals surface area (Å²) >= 11 is 0. The van der Waals surface area contributed by atoms with Crippen molar-refractivity contribution in [1.29, 1.82) is 0 Å². The van der Waals surface area contributed by atoms with E-state index in [1.165, 1.54) is 12.8 Å². The molecule has 0 bridgehead atoms. The molecule has 1 unspecified atom stereocenters. The second-order valence-corrected chi connectivity index (χ2v) is 7.47. The number of aromatic nitrogens is 2. The van der Waals surface area contributed by atoms with Crippen molar-refractivity contribution in [2.45, 2.75) is 32.4 Å². The fraction of sp³-hybridized carbons (Fsp3) is 0.391. The average molecular weight is 407 g/mol. The Morgan fingerprint density at radius 1 is 1.13 bits per heavy atom. The molecule has 0 radical (unpaired) electrons. The Morgan fingerprint density at radius 2 is 1.97 bits per heavy atom. The standard InChI is InChI=1S/C23H30N6O/c1-2-24-23(25-17-19-8-10-20(11-9-19)29-15-6-12-27-29)26-18-21(22-7-5-16-30-22)28-13-3-4-14-28/h5-12,15-16,21H,2-4,13-14,17-18H2,1H3,(H2,24,25,26). The maximum atomic E-state index is 5.72. The summed E-state index contributed by atoms with van der Waals surface area (Å²) in [6, 6.07) is 14.5. The molecule has 3 heterocycles.